The van der Waals surface area contributed by atoms with Crippen molar-refractivity contribution in [1.82, 2.24) is 4.31 Å². The Kier molecular flexibility index (Phi) is 5.92. The van der Waals surface area contributed by atoms with Crippen molar-refractivity contribution in [2.24, 2.45) is 0 Å². The van der Waals surface area contributed by atoms with Crippen molar-refractivity contribution in [1.29, 1.82) is 0 Å². The molecule has 0 aromatic heterocycles. The first kappa shape index (κ1) is 20.6. The van der Waals surface area contributed by atoms with E-state index in [2.05, 4.69) is 10.6 Å². The van der Waals surface area contributed by atoms with E-state index in [1.54, 1.807) is 12.1 Å². The summed E-state index contributed by atoms with van der Waals surface area (Å²) in [6.07, 6.45) is -2.73. The Labute approximate surface area is 166 Å². The van der Waals surface area contributed by atoms with Crippen LogP contribution in [0.3, 0.4) is 0 Å². The zero-order valence-electron chi connectivity index (χ0n) is 14.7. The van der Waals surface area contributed by atoms with Crippen LogP contribution in [-0.2, 0) is 16.2 Å². The predicted octanol–water partition coefficient (Wildman–Crippen LogP) is 4.30. The molecule has 2 aromatic rings. The summed E-state index contributed by atoms with van der Waals surface area (Å²) in [6, 6.07) is 10.7. The first-order valence-electron chi connectivity index (χ1n) is 8.52. The van der Waals surface area contributed by atoms with Gasteiger partial charge in [-0.25, -0.2) is 8.42 Å². The maximum Gasteiger partial charge on any atom is 0.416 e. The number of sulfonamides is 1. The molecule has 3 rings (SSSR count). The fourth-order valence-electron chi connectivity index (χ4n) is 2.85. The normalized spacial score (nSPS) is 15.4. The third kappa shape index (κ3) is 4.81. The third-order valence-corrected chi connectivity index (χ3v) is 6.38. The zero-order valence-corrected chi connectivity index (χ0v) is 16.3. The number of anilines is 2. The molecule has 1 fully saturated rings. The van der Waals surface area contributed by atoms with Gasteiger partial charge < -0.3 is 10.6 Å². The fourth-order valence-corrected chi connectivity index (χ4v) is 4.61. The summed E-state index contributed by atoms with van der Waals surface area (Å²) in [5, 5.41) is 5.61. The molecule has 1 saturated heterocycles. The molecule has 5 nitrogen and oxygen atoms in total. The number of alkyl halides is 3. The van der Waals surface area contributed by atoms with Crippen molar-refractivity contribution in [2.45, 2.75) is 23.9 Å². The standard InChI is InChI=1S/C18H18F3N3O2S2/c19-18(20,21)13-4-3-5-15(12-13)23-17(27)22-14-6-8-16(9-7-14)28(25,26)24-10-1-2-11-24/h3-9,12H,1-2,10-11H2,(H2,22,23,27). The summed E-state index contributed by atoms with van der Waals surface area (Å²) in [7, 11) is -3.50. The van der Waals surface area contributed by atoms with E-state index in [4.69, 9.17) is 12.2 Å². The molecule has 150 valence electrons. The minimum atomic E-state index is -4.44. The summed E-state index contributed by atoms with van der Waals surface area (Å²) < 4.78 is 64.8. The van der Waals surface area contributed by atoms with E-state index in [1.807, 2.05) is 0 Å². The smallest absolute Gasteiger partial charge is 0.332 e. The molecule has 0 radical (unpaired) electrons. The quantitative estimate of drug-likeness (QED) is 0.710. The number of rotatable bonds is 4. The first-order chi connectivity index (χ1) is 13.2. The molecule has 0 unspecified atom stereocenters. The second kappa shape index (κ2) is 8.06. The zero-order chi connectivity index (χ0) is 20.4. The highest BCUT2D eigenvalue weighted by molar-refractivity contribution is 7.89. The van der Waals surface area contributed by atoms with Crippen LogP contribution in [0.15, 0.2) is 53.4 Å². The maximum absolute atomic E-state index is 12.8. The van der Waals surface area contributed by atoms with Gasteiger partial charge >= 0.3 is 6.18 Å². The monoisotopic (exact) mass is 429 g/mol. The third-order valence-electron chi connectivity index (χ3n) is 4.26. The van der Waals surface area contributed by atoms with Gasteiger partial charge in [0.05, 0.1) is 10.5 Å². The minimum Gasteiger partial charge on any atom is -0.332 e. The highest BCUT2D eigenvalue weighted by Crippen LogP contribution is 2.30. The second-order valence-electron chi connectivity index (χ2n) is 6.29. The van der Waals surface area contributed by atoms with Crippen molar-refractivity contribution in [2.75, 3.05) is 23.7 Å². The Morgan fingerprint density at radius 2 is 1.57 bits per heavy atom. The van der Waals surface area contributed by atoms with Crippen LogP contribution in [0.5, 0.6) is 0 Å². The molecule has 0 atom stereocenters. The molecule has 2 N–H and O–H groups in total. The summed E-state index contributed by atoms with van der Waals surface area (Å²) in [5.74, 6) is 0. The van der Waals surface area contributed by atoms with Gasteiger partial charge in [-0.3, -0.25) is 0 Å². The van der Waals surface area contributed by atoms with Gasteiger partial charge in [0.15, 0.2) is 5.11 Å². The summed E-state index contributed by atoms with van der Waals surface area (Å²) >= 11 is 5.12. The lowest BCUT2D eigenvalue weighted by Crippen LogP contribution is -2.27. The second-order valence-corrected chi connectivity index (χ2v) is 8.64. The fraction of sp³-hybridized carbons (Fsp3) is 0.278. The van der Waals surface area contributed by atoms with Gasteiger partial charge in [-0.15, -0.1) is 0 Å². The van der Waals surface area contributed by atoms with Crippen molar-refractivity contribution < 1.29 is 21.6 Å². The number of nitrogens with zero attached hydrogens (tertiary/aromatic N) is 1. The lowest BCUT2D eigenvalue weighted by molar-refractivity contribution is -0.137. The Hall–Kier alpha value is -2.17. The molecule has 0 amide bonds. The largest absolute Gasteiger partial charge is 0.416 e. The summed E-state index contributed by atoms with van der Waals surface area (Å²) in [4.78, 5) is 0.191. The molecule has 28 heavy (non-hydrogen) atoms. The van der Waals surface area contributed by atoms with Crippen molar-refractivity contribution in [3.05, 3.63) is 54.1 Å². The van der Waals surface area contributed by atoms with Gasteiger partial charge in [0.25, 0.3) is 0 Å². The SMILES string of the molecule is O=S(=O)(c1ccc(NC(=S)Nc2cccc(C(F)(F)F)c2)cc1)N1CCCC1. The number of hydrogen-bond donors (Lipinski definition) is 2. The van der Waals surface area contributed by atoms with E-state index in [9.17, 15) is 21.6 Å². The van der Waals surface area contributed by atoms with E-state index in [0.717, 1.165) is 25.0 Å². The van der Waals surface area contributed by atoms with Crippen LogP contribution >= 0.6 is 12.2 Å². The minimum absolute atomic E-state index is 0.0921. The van der Waals surface area contributed by atoms with E-state index in [0.29, 0.717) is 18.8 Å². The van der Waals surface area contributed by atoms with E-state index < -0.39 is 21.8 Å². The Balaban J connectivity index is 1.65. The van der Waals surface area contributed by atoms with Crippen LogP contribution in [0.2, 0.25) is 0 Å². The van der Waals surface area contributed by atoms with Crippen molar-refractivity contribution in [3.8, 4) is 0 Å². The van der Waals surface area contributed by atoms with Crippen LogP contribution in [-0.4, -0.2) is 30.9 Å². The van der Waals surface area contributed by atoms with Crippen molar-refractivity contribution in [3.63, 3.8) is 0 Å². The van der Waals surface area contributed by atoms with Gasteiger partial charge in [-0.05, 0) is 67.5 Å². The highest BCUT2D eigenvalue weighted by atomic mass is 32.2. The summed E-state index contributed by atoms with van der Waals surface area (Å²) in [6.45, 7) is 1.04. The molecule has 10 heteroatoms. The first-order valence-corrected chi connectivity index (χ1v) is 10.4. The molecular weight excluding hydrogens is 411 g/mol. The molecule has 1 aliphatic rings. The molecule has 0 bridgehead atoms. The van der Waals surface area contributed by atoms with Gasteiger partial charge in [0, 0.05) is 24.5 Å². The van der Waals surface area contributed by atoms with Gasteiger partial charge in [0.1, 0.15) is 0 Å². The Morgan fingerprint density at radius 3 is 2.18 bits per heavy atom. The molecule has 1 aliphatic heterocycles. The van der Waals surface area contributed by atoms with Crippen molar-refractivity contribution >= 4 is 38.7 Å². The molecule has 0 saturated carbocycles. The van der Waals surface area contributed by atoms with Crippen LogP contribution in [0.1, 0.15) is 18.4 Å². The molecular formula is C18H18F3N3O2S2. The maximum atomic E-state index is 12.8. The molecule has 2 aromatic carbocycles. The van der Waals surface area contributed by atoms with Gasteiger partial charge in [0.2, 0.25) is 10.0 Å². The lowest BCUT2D eigenvalue weighted by Gasteiger charge is -2.16. The van der Waals surface area contributed by atoms with Crippen LogP contribution in [0.4, 0.5) is 24.5 Å². The van der Waals surface area contributed by atoms with Crippen LogP contribution < -0.4 is 10.6 Å². The van der Waals surface area contributed by atoms with E-state index in [1.165, 1.54) is 28.6 Å². The Morgan fingerprint density at radius 1 is 0.964 bits per heavy atom. The van der Waals surface area contributed by atoms with Gasteiger partial charge in [-0.1, -0.05) is 6.07 Å². The Bertz CT molecular complexity index is 955. The highest BCUT2D eigenvalue weighted by Gasteiger charge is 2.30. The van der Waals surface area contributed by atoms with Crippen LogP contribution in [0, 0.1) is 0 Å². The summed E-state index contributed by atoms with van der Waals surface area (Å²) in [5.41, 5.74) is -0.0674. The molecule has 1 heterocycles. The average molecular weight is 429 g/mol. The number of nitrogens with one attached hydrogen (secondary N) is 2. The van der Waals surface area contributed by atoms with Crippen LogP contribution in [0.25, 0.3) is 0 Å². The predicted molar refractivity (Wildman–Crippen MR) is 106 cm³/mol. The van der Waals surface area contributed by atoms with E-state index >= 15 is 0 Å². The topological polar surface area (TPSA) is 61.4 Å². The molecule has 0 aliphatic carbocycles. The number of halogens is 3. The number of thiocarbonyl (C=S) groups is 1. The average Bonchev–Trinajstić information content (AvgIpc) is 3.17. The van der Waals surface area contributed by atoms with E-state index in [-0.39, 0.29) is 15.7 Å². The lowest BCUT2D eigenvalue weighted by atomic mass is 10.2. The number of hydrogen-bond acceptors (Lipinski definition) is 3. The number of benzene rings is 2. The van der Waals surface area contributed by atoms with Gasteiger partial charge in [-0.2, -0.15) is 17.5 Å². The molecule has 0 spiro atoms.